The van der Waals surface area contributed by atoms with Gasteiger partial charge in [-0.05, 0) is 13.3 Å². The fourth-order valence-electron chi connectivity index (χ4n) is 1.34. The molecule has 0 aromatic carbocycles. The van der Waals surface area contributed by atoms with Crippen LogP contribution in [0.5, 0.6) is 0 Å². The van der Waals surface area contributed by atoms with E-state index in [2.05, 4.69) is 10.5 Å². The highest BCUT2D eigenvalue weighted by Crippen LogP contribution is 2.27. The molecule has 0 radical (unpaired) electrons. The second-order valence-corrected chi connectivity index (χ2v) is 5.04. The summed E-state index contributed by atoms with van der Waals surface area (Å²) in [5.74, 6) is 0.666. The van der Waals surface area contributed by atoms with E-state index in [0.717, 1.165) is 0 Å². The molecule has 0 atom stereocenters. The zero-order valence-electron chi connectivity index (χ0n) is 7.20. The molecule has 0 fully saturated rings. The standard InChI is InChI=1S/C7H10N2O3S/c1-5-6-7(9-12-5)13(10,11)4-2-3-8-6/h8H,2-4H2,1H3. The lowest BCUT2D eigenvalue weighted by atomic mass is 10.4. The lowest BCUT2D eigenvalue weighted by molar-refractivity contribution is 0.381. The molecule has 1 aromatic rings. The summed E-state index contributed by atoms with van der Waals surface area (Å²) in [6.07, 6.45) is 0.609. The van der Waals surface area contributed by atoms with Crippen LogP contribution in [-0.2, 0) is 9.84 Å². The molecular formula is C7H10N2O3S. The Morgan fingerprint density at radius 2 is 2.31 bits per heavy atom. The second kappa shape index (κ2) is 2.73. The third kappa shape index (κ3) is 1.31. The number of aromatic nitrogens is 1. The van der Waals surface area contributed by atoms with E-state index in [0.29, 0.717) is 24.4 Å². The Labute approximate surface area is 76.0 Å². The topological polar surface area (TPSA) is 72.2 Å². The first kappa shape index (κ1) is 8.55. The summed E-state index contributed by atoms with van der Waals surface area (Å²) in [7, 11) is -3.23. The first-order valence-corrected chi connectivity index (χ1v) is 5.69. The van der Waals surface area contributed by atoms with E-state index < -0.39 is 9.84 Å². The Balaban J connectivity index is 2.63. The zero-order valence-corrected chi connectivity index (χ0v) is 8.02. The molecule has 5 nitrogen and oxygen atoms in total. The zero-order chi connectivity index (χ0) is 9.47. The number of anilines is 1. The van der Waals surface area contributed by atoms with Crippen LogP contribution in [0.3, 0.4) is 0 Å². The highest BCUT2D eigenvalue weighted by molar-refractivity contribution is 7.91. The van der Waals surface area contributed by atoms with Crippen molar-refractivity contribution in [1.29, 1.82) is 0 Å². The van der Waals surface area contributed by atoms with E-state index in [4.69, 9.17) is 4.52 Å². The van der Waals surface area contributed by atoms with Crippen molar-refractivity contribution >= 4 is 15.5 Å². The van der Waals surface area contributed by atoms with Crippen LogP contribution < -0.4 is 5.32 Å². The quantitative estimate of drug-likeness (QED) is 0.666. The van der Waals surface area contributed by atoms with Crippen molar-refractivity contribution in [1.82, 2.24) is 5.16 Å². The van der Waals surface area contributed by atoms with Gasteiger partial charge in [0.2, 0.25) is 14.9 Å². The molecule has 2 rings (SSSR count). The smallest absolute Gasteiger partial charge is 0.221 e. The molecule has 1 aliphatic heterocycles. The van der Waals surface area contributed by atoms with Crippen molar-refractivity contribution in [3.05, 3.63) is 5.76 Å². The molecule has 0 saturated carbocycles. The number of sulfone groups is 1. The van der Waals surface area contributed by atoms with E-state index in [9.17, 15) is 8.42 Å². The summed E-state index contributed by atoms with van der Waals surface area (Å²) >= 11 is 0. The van der Waals surface area contributed by atoms with Crippen molar-refractivity contribution in [2.75, 3.05) is 17.6 Å². The third-order valence-corrected chi connectivity index (χ3v) is 3.71. The predicted molar refractivity (Wildman–Crippen MR) is 46.4 cm³/mol. The molecule has 0 bridgehead atoms. The van der Waals surface area contributed by atoms with Crippen LogP contribution in [0.2, 0.25) is 0 Å². The van der Waals surface area contributed by atoms with E-state index in [1.165, 1.54) is 0 Å². The van der Waals surface area contributed by atoms with Crippen molar-refractivity contribution in [2.24, 2.45) is 0 Å². The summed E-state index contributed by atoms with van der Waals surface area (Å²) in [6.45, 7) is 2.34. The Bertz CT molecular complexity index is 421. The Morgan fingerprint density at radius 1 is 1.54 bits per heavy atom. The van der Waals surface area contributed by atoms with Crippen molar-refractivity contribution in [3.8, 4) is 0 Å². The third-order valence-electron chi connectivity index (χ3n) is 2.02. The number of rotatable bonds is 0. The number of hydrogen-bond acceptors (Lipinski definition) is 5. The molecule has 1 N–H and O–H groups in total. The van der Waals surface area contributed by atoms with Crippen LogP contribution in [0.1, 0.15) is 12.2 Å². The van der Waals surface area contributed by atoms with E-state index >= 15 is 0 Å². The van der Waals surface area contributed by atoms with Gasteiger partial charge in [0.25, 0.3) is 0 Å². The maximum Gasteiger partial charge on any atom is 0.221 e. The summed E-state index contributed by atoms with van der Waals surface area (Å²) in [5, 5.41) is 6.60. The Morgan fingerprint density at radius 3 is 3.08 bits per heavy atom. The molecule has 0 unspecified atom stereocenters. The van der Waals surface area contributed by atoms with Gasteiger partial charge in [-0.2, -0.15) is 0 Å². The molecule has 72 valence electrons. The minimum absolute atomic E-state index is 0.0579. The molecule has 2 heterocycles. The number of aryl methyl sites for hydroxylation is 1. The van der Waals surface area contributed by atoms with Crippen molar-refractivity contribution in [2.45, 2.75) is 18.4 Å². The molecule has 0 amide bonds. The van der Waals surface area contributed by atoms with Crippen LogP contribution in [0, 0.1) is 6.92 Å². The van der Waals surface area contributed by atoms with Gasteiger partial charge in [-0.1, -0.05) is 5.16 Å². The van der Waals surface area contributed by atoms with Gasteiger partial charge in [0, 0.05) is 6.54 Å². The van der Waals surface area contributed by atoms with Gasteiger partial charge < -0.3 is 9.84 Å². The fraction of sp³-hybridized carbons (Fsp3) is 0.571. The van der Waals surface area contributed by atoms with Gasteiger partial charge in [0.05, 0.1) is 5.75 Å². The normalized spacial score (nSPS) is 20.1. The summed E-state index contributed by atoms with van der Waals surface area (Å²) in [4.78, 5) is 0. The van der Waals surface area contributed by atoms with Crippen molar-refractivity contribution < 1.29 is 12.9 Å². The number of hydrogen-bond donors (Lipinski definition) is 1. The molecule has 0 saturated heterocycles. The Kier molecular flexibility index (Phi) is 1.80. The second-order valence-electron chi connectivity index (χ2n) is 3.02. The summed E-state index contributed by atoms with van der Waals surface area (Å²) in [6, 6.07) is 0. The first-order valence-electron chi connectivity index (χ1n) is 4.04. The first-order chi connectivity index (χ1) is 6.11. The molecule has 13 heavy (non-hydrogen) atoms. The van der Waals surface area contributed by atoms with Gasteiger partial charge in [0.15, 0.2) is 5.76 Å². The molecule has 6 heteroatoms. The van der Waals surface area contributed by atoms with Gasteiger partial charge in [-0.25, -0.2) is 8.42 Å². The molecule has 0 spiro atoms. The lowest BCUT2D eigenvalue weighted by Gasteiger charge is -1.97. The Hall–Kier alpha value is -1.04. The van der Waals surface area contributed by atoms with Gasteiger partial charge >= 0.3 is 0 Å². The average Bonchev–Trinajstić information content (AvgIpc) is 2.34. The molecule has 0 aliphatic carbocycles. The number of fused-ring (bicyclic) bond motifs is 1. The van der Waals surface area contributed by atoms with Crippen molar-refractivity contribution in [3.63, 3.8) is 0 Å². The summed E-state index contributed by atoms with van der Waals surface area (Å²) < 4.78 is 27.9. The van der Waals surface area contributed by atoms with Gasteiger partial charge in [-0.15, -0.1) is 0 Å². The van der Waals surface area contributed by atoms with Gasteiger partial charge in [-0.3, -0.25) is 0 Å². The van der Waals surface area contributed by atoms with Crippen LogP contribution in [0.15, 0.2) is 9.55 Å². The summed E-state index contributed by atoms with van der Waals surface area (Å²) in [5.41, 5.74) is 0.525. The molecular weight excluding hydrogens is 192 g/mol. The fourth-order valence-corrected chi connectivity index (χ4v) is 2.73. The van der Waals surface area contributed by atoms with E-state index in [1.807, 2.05) is 0 Å². The minimum Gasteiger partial charge on any atom is -0.380 e. The lowest BCUT2D eigenvalue weighted by Crippen LogP contribution is -2.05. The predicted octanol–water partition coefficient (Wildman–Crippen LogP) is 0.572. The average molecular weight is 202 g/mol. The van der Waals surface area contributed by atoms with Crippen LogP contribution in [0.4, 0.5) is 5.69 Å². The molecule has 1 aliphatic rings. The van der Waals surface area contributed by atoms with Crippen LogP contribution in [0.25, 0.3) is 0 Å². The monoisotopic (exact) mass is 202 g/mol. The molecule has 1 aromatic heterocycles. The van der Waals surface area contributed by atoms with E-state index in [1.54, 1.807) is 6.92 Å². The SMILES string of the molecule is Cc1onc2c1NCCCS2(=O)=O. The highest BCUT2D eigenvalue weighted by Gasteiger charge is 2.27. The maximum absolute atomic E-state index is 11.5. The highest BCUT2D eigenvalue weighted by atomic mass is 32.2. The largest absolute Gasteiger partial charge is 0.380 e. The number of nitrogens with one attached hydrogen (secondary N) is 1. The maximum atomic E-state index is 11.5. The van der Waals surface area contributed by atoms with Crippen LogP contribution >= 0.6 is 0 Å². The van der Waals surface area contributed by atoms with Gasteiger partial charge in [0.1, 0.15) is 5.69 Å². The minimum atomic E-state index is -3.23. The number of nitrogens with zero attached hydrogens (tertiary/aromatic N) is 1. The van der Waals surface area contributed by atoms with Crippen LogP contribution in [-0.4, -0.2) is 25.9 Å². The van der Waals surface area contributed by atoms with E-state index in [-0.39, 0.29) is 10.8 Å².